The summed E-state index contributed by atoms with van der Waals surface area (Å²) >= 11 is 0. The molecule has 16 heavy (non-hydrogen) atoms. The van der Waals surface area contributed by atoms with Crippen molar-refractivity contribution in [3.8, 4) is 0 Å². The number of aromatic nitrogens is 1. The minimum absolute atomic E-state index is 0.0726. The Bertz CT molecular complexity index is 352. The lowest BCUT2D eigenvalue weighted by Gasteiger charge is -2.18. The Morgan fingerprint density at radius 3 is 2.69 bits per heavy atom. The number of carbonyl (C=O) groups is 1. The van der Waals surface area contributed by atoms with Gasteiger partial charge in [0.05, 0.1) is 24.4 Å². The molecule has 0 aliphatic rings. The first-order valence-corrected chi connectivity index (χ1v) is 5.08. The molecule has 88 valence electrons. The molecule has 0 aliphatic heterocycles. The third-order valence-electron chi connectivity index (χ3n) is 2.02. The Labute approximate surface area is 93.5 Å². The largest absolute Gasteiger partial charge is 0.481 e. The van der Waals surface area contributed by atoms with Gasteiger partial charge in [-0.25, -0.2) is 4.39 Å². The number of halogens is 1. The van der Waals surface area contributed by atoms with Gasteiger partial charge in [0.25, 0.3) is 0 Å². The molecule has 2 N–H and O–H groups in total. The van der Waals surface area contributed by atoms with E-state index < -0.39 is 17.8 Å². The molecule has 0 aliphatic carbocycles. The fourth-order valence-corrected chi connectivity index (χ4v) is 1.42. The van der Waals surface area contributed by atoms with Crippen LogP contribution >= 0.6 is 0 Å². The van der Waals surface area contributed by atoms with E-state index in [1.807, 2.05) is 13.8 Å². The highest BCUT2D eigenvalue weighted by Gasteiger charge is 2.17. The molecule has 0 aromatic carbocycles. The lowest BCUT2D eigenvalue weighted by molar-refractivity contribution is -0.137. The fraction of sp³-hybridized carbons (Fsp3) is 0.455. The zero-order valence-corrected chi connectivity index (χ0v) is 9.27. The molecular formula is C11H15FN2O2. The van der Waals surface area contributed by atoms with Crippen molar-refractivity contribution in [3.05, 3.63) is 29.8 Å². The Morgan fingerprint density at radius 2 is 2.25 bits per heavy atom. The third kappa shape index (κ3) is 3.94. The quantitative estimate of drug-likeness (QED) is 0.802. The Morgan fingerprint density at radius 1 is 1.56 bits per heavy atom. The maximum Gasteiger partial charge on any atom is 0.305 e. The molecule has 1 aromatic rings. The van der Waals surface area contributed by atoms with Gasteiger partial charge in [-0.3, -0.25) is 9.78 Å². The van der Waals surface area contributed by atoms with E-state index in [-0.39, 0.29) is 12.5 Å². The van der Waals surface area contributed by atoms with E-state index >= 15 is 0 Å². The standard InChI is InChI=1S/C11H15FN2O2/c1-7(2)14-10(5-11(15)16)9-4-3-8(12)6-13-9/h3-4,6-7,10,14H,5H2,1-2H3,(H,15,16). The molecule has 0 saturated heterocycles. The van der Waals surface area contributed by atoms with E-state index in [1.54, 1.807) is 0 Å². The summed E-state index contributed by atoms with van der Waals surface area (Å²) in [6.45, 7) is 3.83. The molecule has 5 heteroatoms. The Hall–Kier alpha value is -1.49. The van der Waals surface area contributed by atoms with Crippen molar-refractivity contribution in [2.75, 3.05) is 0 Å². The molecule has 1 heterocycles. The number of aliphatic carboxylic acids is 1. The number of rotatable bonds is 5. The predicted molar refractivity (Wildman–Crippen MR) is 57.5 cm³/mol. The number of pyridine rings is 1. The van der Waals surface area contributed by atoms with Crippen LogP contribution in [0.15, 0.2) is 18.3 Å². The minimum Gasteiger partial charge on any atom is -0.481 e. The summed E-state index contributed by atoms with van der Waals surface area (Å²) in [5.74, 6) is -1.34. The van der Waals surface area contributed by atoms with Crippen molar-refractivity contribution in [3.63, 3.8) is 0 Å². The van der Waals surface area contributed by atoms with E-state index in [0.717, 1.165) is 6.20 Å². The van der Waals surface area contributed by atoms with Crippen LogP contribution in [-0.4, -0.2) is 22.1 Å². The molecule has 0 saturated carbocycles. The van der Waals surface area contributed by atoms with E-state index in [4.69, 9.17) is 5.11 Å². The summed E-state index contributed by atoms with van der Waals surface area (Å²) in [6, 6.07) is 2.52. The fourth-order valence-electron chi connectivity index (χ4n) is 1.42. The molecule has 0 bridgehead atoms. The van der Waals surface area contributed by atoms with Crippen molar-refractivity contribution in [1.82, 2.24) is 10.3 Å². The van der Waals surface area contributed by atoms with Gasteiger partial charge < -0.3 is 10.4 Å². The molecule has 1 atom stereocenters. The van der Waals surface area contributed by atoms with Crippen LogP contribution in [0.4, 0.5) is 4.39 Å². The molecule has 0 radical (unpaired) electrons. The molecule has 1 unspecified atom stereocenters. The van der Waals surface area contributed by atoms with Gasteiger partial charge in [0.2, 0.25) is 0 Å². The van der Waals surface area contributed by atoms with Crippen LogP contribution in [0, 0.1) is 5.82 Å². The molecular weight excluding hydrogens is 211 g/mol. The predicted octanol–water partition coefficient (Wildman–Crippen LogP) is 1.73. The minimum atomic E-state index is -0.913. The zero-order chi connectivity index (χ0) is 12.1. The molecule has 1 rings (SSSR count). The van der Waals surface area contributed by atoms with Crippen LogP contribution in [0.3, 0.4) is 0 Å². The van der Waals surface area contributed by atoms with Gasteiger partial charge in [0, 0.05) is 6.04 Å². The smallest absolute Gasteiger partial charge is 0.305 e. The summed E-state index contributed by atoms with van der Waals surface area (Å²) in [5, 5.41) is 11.9. The van der Waals surface area contributed by atoms with Crippen molar-refractivity contribution in [1.29, 1.82) is 0 Å². The van der Waals surface area contributed by atoms with Crippen LogP contribution in [-0.2, 0) is 4.79 Å². The lowest BCUT2D eigenvalue weighted by Crippen LogP contribution is -2.30. The second kappa shape index (κ2) is 5.55. The van der Waals surface area contributed by atoms with Gasteiger partial charge in [-0.15, -0.1) is 0 Å². The van der Waals surface area contributed by atoms with Gasteiger partial charge in [-0.05, 0) is 12.1 Å². The topological polar surface area (TPSA) is 62.2 Å². The number of carboxylic acids is 1. The maximum absolute atomic E-state index is 12.7. The van der Waals surface area contributed by atoms with Crippen LogP contribution in [0.25, 0.3) is 0 Å². The lowest BCUT2D eigenvalue weighted by atomic mass is 10.1. The van der Waals surface area contributed by atoms with Crippen molar-refractivity contribution in [2.45, 2.75) is 32.4 Å². The highest BCUT2D eigenvalue weighted by atomic mass is 19.1. The zero-order valence-electron chi connectivity index (χ0n) is 9.27. The van der Waals surface area contributed by atoms with Crippen LogP contribution in [0.1, 0.15) is 32.0 Å². The van der Waals surface area contributed by atoms with Gasteiger partial charge in [0.15, 0.2) is 0 Å². The maximum atomic E-state index is 12.7. The second-order valence-electron chi connectivity index (χ2n) is 3.87. The van der Waals surface area contributed by atoms with Crippen molar-refractivity contribution < 1.29 is 14.3 Å². The first kappa shape index (κ1) is 12.6. The van der Waals surface area contributed by atoms with Crippen LogP contribution < -0.4 is 5.32 Å². The molecule has 1 aromatic heterocycles. The van der Waals surface area contributed by atoms with Gasteiger partial charge in [0.1, 0.15) is 5.82 Å². The summed E-state index contributed by atoms with van der Waals surface area (Å²) in [7, 11) is 0. The highest BCUT2D eigenvalue weighted by Crippen LogP contribution is 2.15. The van der Waals surface area contributed by atoms with E-state index in [2.05, 4.69) is 10.3 Å². The summed E-state index contributed by atoms with van der Waals surface area (Å²) in [4.78, 5) is 14.6. The second-order valence-corrected chi connectivity index (χ2v) is 3.87. The van der Waals surface area contributed by atoms with Crippen molar-refractivity contribution in [2.24, 2.45) is 0 Å². The Kier molecular flexibility index (Phi) is 4.37. The number of hydrogen-bond acceptors (Lipinski definition) is 3. The molecule has 0 fully saturated rings. The van der Waals surface area contributed by atoms with Gasteiger partial charge in [-0.1, -0.05) is 13.8 Å². The number of hydrogen-bond donors (Lipinski definition) is 2. The van der Waals surface area contributed by atoms with E-state index in [9.17, 15) is 9.18 Å². The van der Waals surface area contributed by atoms with Crippen molar-refractivity contribution >= 4 is 5.97 Å². The average molecular weight is 226 g/mol. The summed E-state index contributed by atoms with van der Waals surface area (Å²) < 4.78 is 12.7. The molecule has 0 spiro atoms. The van der Waals surface area contributed by atoms with E-state index in [0.29, 0.717) is 5.69 Å². The summed E-state index contributed by atoms with van der Waals surface area (Å²) in [5.41, 5.74) is 0.539. The van der Waals surface area contributed by atoms with Gasteiger partial charge >= 0.3 is 5.97 Å². The molecule has 0 amide bonds. The Balaban J connectivity index is 2.82. The van der Waals surface area contributed by atoms with E-state index in [1.165, 1.54) is 12.1 Å². The van der Waals surface area contributed by atoms with Crippen LogP contribution in [0.2, 0.25) is 0 Å². The number of nitrogens with zero attached hydrogens (tertiary/aromatic N) is 1. The number of nitrogens with one attached hydrogen (secondary N) is 1. The first-order valence-electron chi connectivity index (χ1n) is 5.08. The first-order chi connectivity index (χ1) is 7.49. The molecule has 4 nitrogen and oxygen atoms in total. The average Bonchev–Trinajstić information content (AvgIpc) is 2.16. The van der Waals surface area contributed by atoms with Crippen LogP contribution in [0.5, 0.6) is 0 Å². The van der Waals surface area contributed by atoms with Gasteiger partial charge in [-0.2, -0.15) is 0 Å². The monoisotopic (exact) mass is 226 g/mol. The third-order valence-corrected chi connectivity index (χ3v) is 2.02. The normalized spacial score (nSPS) is 12.8. The highest BCUT2D eigenvalue weighted by molar-refractivity contribution is 5.67. The SMILES string of the molecule is CC(C)NC(CC(=O)O)c1ccc(F)cn1. The number of carboxylic acid groups (broad SMARTS) is 1. The summed E-state index contributed by atoms with van der Waals surface area (Å²) in [6.07, 6.45) is 1.02.